The molecule has 1 unspecified atom stereocenters. The van der Waals surface area contributed by atoms with Crippen LogP contribution in [0.25, 0.3) is 10.9 Å². The van der Waals surface area contributed by atoms with Gasteiger partial charge >= 0.3 is 0 Å². The molecule has 5 nitrogen and oxygen atoms in total. The summed E-state index contributed by atoms with van der Waals surface area (Å²) in [5.41, 5.74) is 1.60. The SMILES string of the molecule is CCC(Cc1c([N+](=O)[O-])cnc2ccc(Br)cc12)NC. The van der Waals surface area contributed by atoms with E-state index in [2.05, 4.69) is 33.2 Å². The van der Waals surface area contributed by atoms with E-state index in [1.54, 1.807) is 0 Å². The number of nitrogens with one attached hydrogen (secondary N) is 1. The quantitative estimate of drug-likeness (QED) is 0.670. The monoisotopic (exact) mass is 337 g/mol. The molecule has 0 spiro atoms. The molecule has 0 aliphatic heterocycles. The molecule has 106 valence electrons. The molecular formula is C14H16BrN3O2. The molecule has 0 fully saturated rings. The fraction of sp³-hybridized carbons (Fsp3) is 0.357. The van der Waals surface area contributed by atoms with Crippen LogP contribution in [0.4, 0.5) is 5.69 Å². The predicted octanol–water partition coefficient (Wildman–Crippen LogP) is 3.45. The maximum absolute atomic E-state index is 11.2. The molecule has 0 radical (unpaired) electrons. The first kappa shape index (κ1) is 14.9. The van der Waals surface area contributed by atoms with Gasteiger partial charge in [-0.1, -0.05) is 22.9 Å². The maximum atomic E-state index is 11.2. The lowest BCUT2D eigenvalue weighted by Crippen LogP contribution is -2.27. The van der Waals surface area contributed by atoms with Crippen LogP contribution < -0.4 is 5.32 Å². The van der Waals surface area contributed by atoms with Gasteiger partial charge < -0.3 is 5.32 Å². The van der Waals surface area contributed by atoms with Crippen molar-refractivity contribution in [3.05, 3.63) is 44.5 Å². The Bertz CT molecular complexity index is 642. The molecule has 2 rings (SSSR count). The third kappa shape index (κ3) is 2.96. The van der Waals surface area contributed by atoms with Crippen LogP contribution in [0.3, 0.4) is 0 Å². The lowest BCUT2D eigenvalue weighted by molar-refractivity contribution is -0.385. The largest absolute Gasteiger partial charge is 0.317 e. The summed E-state index contributed by atoms with van der Waals surface area (Å²) in [5, 5.41) is 15.3. The summed E-state index contributed by atoms with van der Waals surface area (Å²) in [6.07, 6.45) is 2.87. The predicted molar refractivity (Wildman–Crippen MR) is 82.9 cm³/mol. The van der Waals surface area contributed by atoms with Crippen molar-refractivity contribution in [3.8, 4) is 0 Å². The highest BCUT2D eigenvalue weighted by Crippen LogP contribution is 2.29. The average Bonchev–Trinajstić information content (AvgIpc) is 2.44. The minimum atomic E-state index is -0.356. The number of nitrogens with zero attached hydrogens (tertiary/aromatic N) is 2. The number of rotatable bonds is 5. The summed E-state index contributed by atoms with van der Waals surface area (Å²) in [4.78, 5) is 15.1. The first-order valence-corrected chi connectivity index (χ1v) is 7.25. The number of benzene rings is 1. The second-order valence-electron chi connectivity index (χ2n) is 4.64. The molecule has 0 aliphatic rings. The Morgan fingerprint density at radius 1 is 1.50 bits per heavy atom. The van der Waals surface area contributed by atoms with Crippen molar-refractivity contribution in [3.63, 3.8) is 0 Å². The van der Waals surface area contributed by atoms with Crippen LogP contribution in [-0.2, 0) is 6.42 Å². The zero-order valence-electron chi connectivity index (χ0n) is 11.4. The second-order valence-corrected chi connectivity index (χ2v) is 5.55. The number of pyridine rings is 1. The molecule has 1 N–H and O–H groups in total. The van der Waals surface area contributed by atoms with Crippen molar-refractivity contribution >= 4 is 32.5 Å². The topological polar surface area (TPSA) is 68.1 Å². The van der Waals surface area contributed by atoms with Crippen LogP contribution in [0, 0.1) is 10.1 Å². The van der Waals surface area contributed by atoms with Crippen LogP contribution in [0.15, 0.2) is 28.9 Å². The van der Waals surface area contributed by atoms with Gasteiger partial charge in [-0.2, -0.15) is 0 Å². The van der Waals surface area contributed by atoms with E-state index in [1.165, 1.54) is 6.20 Å². The molecular weight excluding hydrogens is 322 g/mol. The molecule has 1 aromatic carbocycles. The van der Waals surface area contributed by atoms with Gasteiger partial charge in [0, 0.05) is 21.5 Å². The maximum Gasteiger partial charge on any atom is 0.291 e. The standard InChI is InChI=1S/C14H16BrN3O2/c1-3-10(16-2)7-12-11-6-9(15)4-5-13(11)17-8-14(12)18(19)20/h4-6,8,10,16H,3,7H2,1-2H3. The number of hydrogen-bond acceptors (Lipinski definition) is 4. The smallest absolute Gasteiger partial charge is 0.291 e. The number of nitro groups is 1. The van der Waals surface area contributed by atoms with Crippen LogP contribution >= 0.6 is 15.9 Å². The minimum Gasteiger partial charge on any atom is -0.317 e. The van der Waals surface area contributed by atoms with E-state index in [-0.39, 0.29) is 16.7 Å². The van der Waals surface area contributed by atoms with Crippen molar-refractivity contribution in [2.75, 3.05) is 7.05 Å². The summed E-state index contributed by atoms with van der Waals surface area (Å²) >= 11 is 3.42. The van der Waals surface area contributed by atoms with E-state index < -0.39 is 0 Å². The van der Waals surface area contributed by atoms with Crippen molar-refractivity contribution in [2.45, 2.75) is 25.8 Å². The van der Waals surface area contributed by atoms with Crippen LogP contribution in [-0.4, -0.2) is 23.0 Å². The Morgan fingerprint density at radius 2 is 2.25 bits per heavy atom. The van der Waals surface area contributed by atoms with E-state index >= 15 is 0 Å². The minimum absolute atomic E-state index is 0.0873. The molecule has 1 atom stereocenters. The average molecular weight is 338 g/mol. The van der Waals surface area contributed by atoms with E-state index in [1.807, 2.05) is 25.2 Å². The van der Waals surface area contributed by atoms with E-state index in [0.29, 0.717) is 6.42 Å². The zero-order chi connectivity index (χ0) is 14.7. The highest BCUT2D eigenvalue weighted by molar-refractivity contribution is 9.10. The van der Waals surface area contributed by atoms with Crippen molar-refractivity contribution in [1.29, 1.82) is 0 Å². The highest BCUT2D eigenvalue weighted by atomic mass is 79.9. The van der Waals surface area contributed by atoms with Gasteiger partial charge in [-0.05, 0) is 38.1 Å². The van der Waals surface area contributed by atoms with Gasteiger partial charge in [-0.3, -0.25) is 10.1 Å². The third-order valence-electron chi connectivity index (χ3n) is 3.47. The summed E-state index contributed by atoms with van der Waals surface area (Å²) in [7, 11) is 1.87. The van der Waals surface area contributed by atoms with Gasteiger partial charge in [0.05, 0.1) is 10.4 Å². The van der Waals surface area contributed by atoms with Gasteiger partial charge in [0.15, 0.2) is 0 Å². The lowest BCUT2D eigenvalue weighted by Gasteiger charge is -2.15. The van der Waals surface area contributed by atoms with Gasteiger partial charge in [-0.25, -0.2) is 4.98 Å². The van der Waals surface area contributed by atoms with E-state index in [9.17, 15) is 10.1 Å². The molecule has 0 amide bonds. The molecule has 0 aliphatic carbocycles. The Kier molecular flexibility index (Phi) is 4.67. The number of likely N-dealkylation sites (N-methyl/N-ethyl adjacent to an activating group) is 1. The number of halogens is 1. The summed E-state index contributed by atoms with van der Waals surface area (Å²) in [5.74, 6) is 0. The first-order chi connectivity index (χ1) is 9.56. The van der Waals surface area contributed by atoms with Crippen LogP contribution in [0.1, 0.15) is 18.9 Å². The molecule has 0 bridgehead atoms. The highest BCUT2D eigenvalue weighted by Gasteiger charge is 2.20. The fourth-order valence-corrected chi connectivity index (χ4v) is 2.64. The van der Waals surface area contributed by atoms with Crippen molar-refractivity contribution < 1.29 is 4.92 Å². The van der Waals surface area contributed by atoms with Gasteiger partial charge in [0.25, 0.3) is 5.69 Å². The van der Waals surface area contributed by atoms with Crippen LogP contribution in [0.2, 0.25) is 0 Å². The second kappa shape index (κ2) is 6.28. The Hall–Kier alpha value is -1.53. The molecule has 20 heavy (non-hydrogen) atoms. The zero-order valence-corrected chi connectivity index (χ0v) is 13.0. The molecule has 0 saturated heterocycles. The number of aromatic nitrogens is 1. The van der Waals surface area contributed by atoms with Gasteiger partial charge in [0.2, 0.25) is 0 Å². The van der Waals surface area contributed by atoms with Crippen molar-refractivity contribution in [1.82, 2.24) is 10.3 Å². The summed E-state index contributed by atoms with van der Waals surface area (Å²) in [6.45, 7) is 2.06. The molecule has 1 heterocycles. The van der Waals surface area contributed by atoms with Gasteiger partial charge in [-0.15, -0.1) is 0 Å². The Morgan fingerprint density at radius 3 is 2.85 bits per heavy atom. The fourth-order valence-electron chi connectivity index (χ4n) is 2.28. The Balaban J connectivity index is 2.64. The van der Waals surface area contributed by atoms with Crippen LogP contribution in [0.5, 0.6) is 0 Å². The molecule has 2 aromatic rings. The van der Waals surface area contributed by atoms with E-state index in [0.717, 1.165) is 27.4 Å². The third-order valence-corrected chi connectivity index (χ3v) is 3.96. The lowest BCUT2D eigenvalue weighted by atomic mass is 9.99. The first-order valence-electron chi connectivity index (χ1n) is 6.45. The summed E-state index contributed by atoms with van der Waals surface area (Å²) < 4.78 is 0.894. The Labute approximate surface area is 125 Å². The molecule has 1 aromatic heterocycles. The summed E-state index contributed by atoms with van der Waals surface area (Å²) in [6, 6.07) is 5.86. The number of fused-ring (bicyclic) bond motifs is 1. The van der Waals surface area contributed by atoms with Gasteiger partial charge in [0.1, 0.15) is 6.20 Å². The van der Waals surface area contributed by atoms with Crippen molar-refractivity contribution in [2.24, 2.45) is 0 Å². The molecule has 0 saturated carbocycles. The normalized spacial score (nSPS) is 12.6. The van der Waals surface area contributed by atoms with E-state index in [4.69, 9.17) is 0 Å². The molecule has 6 heteroatoms. The number of hydrogen-bond donors (Lipinski definition) is 1.